The summed E-state index contributed by atoms with van der Waals surface area (Å²) in [5.41, 5.74) is 2.48. The van der Waals surface area contributed by atoms with Crippen molar-refractivity contribution in [1.82, 2.24) is 4.98 Å². The van der Waals surface area contributed by atoms with Gasteiger partial charge in [0.15, 0.2) is 0 Å². The molecule has 1 heterocycles. The average Bonchev–Trinajstić information content (AvgIpc) is 2.74. The van der Waals surface area contributed by atoms with Gasteiger partial charge in [0.1, 0.15) is 0 Å². The van der Waals surface area contributed by atoms with E-state index in [0.29, 0.717) is 0 Å². The van der Waals surface area contributed by atoms with Gasteiger partial charge in [-0.25, -0.2) is 0 Å². The summed E-state index contributed by atoms with van der Waals surface area (Å²) in [6.07, 6.45) is 10.9. The summed E-state index contributed by atoms with van der Waals surface area (Å²) in [4.78, 5) is 4.09. The molecule has 82 valence electrons. The van der Waals surface area contributed by atoms with Gasteiger partial charge in [0, 0.05) is 24.6 Å². The Balaban J connectivity index is 1.75. The van der Waals surface area contributed by atoms with Crippen molar-refractivity contribution >= 4 is 5.69 Å². The second kappa shape index (κ2) is 5.15. The summed E-state index contributed by atoms with van der Waals surface area (Å²) >= 11 is 0. The Kier molecular flexibility index (Phi) is 3.59. The average molecular weight is 204 g/mol. The van der Waals surface area contributed by atoms with Crippen LogP contribution in [0.1, 0.15) is 37.7 Å². The molecular formula is C13H20N2. The van der Waals surface area contributed by atoms with E-state index in [2.05, 4.69) is 23.3 Å². The maximum absolute atomic E-state index is 4.09. The Hall–Kier alpha value is -1.05. The topological polar surface area (TPSA) is 24.9 Å². The SMILES string of the molecule is Cc1cnccc1NCCC1CCCC1. The number of hydrogen-bond donors (Lipinski definition) is 1. The van der Waals surface area contributed by atoms with E-state index < -0.39 is 0 Å². The number of pyridine rings is 1. The lowest BCUT2D eigenvalue weighted by atomic mass is 10.0. The summed E-state index contributed by atoms with van der Waals surface area (Å²) in [5, 5.41) is 3.50. The maximum atomic E-state index is 4.09. The van der Waals surface area contributed by atoms with Gasteiger partial charge in [-0.2, -0.15) is 0 Å². The minimum Gasteiger partial charge on any atom is -0.385 e. The Labute approximate surface area is 92.1 Å². The van der Waals surface area contributed by atoms with Crippen molar-refractivity contribution in [3.05, 3.63) is 24.0 Å². The van der Waals surface area contributed by atoms with Gasteiger partial charge in [0.05, 0.1) is 0 Å². The van der Waals surface area contributed by atoms with E-state index >= 15 is 0 Å². The zero-order chi connectivity index (χ0) is 10.5. The first-order chi connectivity index (χ1) is 7.36. The molecule has 0 radical (unpaired) electrons. The normalized spacial score (nSPS) is 16.9. The van der Waals surface area contributed by atoms with Crippen molar-refractivity contribution in [2.45, 2.75) is 39.0 Å². The summed E-state index contributed by atoms with van der Waals surface area (Å²) in [7, 11) is 0. The molecule has 1 aromatic rings. The van der Waals surface area contributed by atoms with Crippen LogP contribution in [0.25, 0.3) is 0 Å². The molecule has 1 aliphatic rings. The second-order valence-corrected chi connectivity index (χ2v) is 4.56. The molecule has 1 N–H and O–H groups in total. The van der Waals surface area contributed by atoms with Crippen molar-refractivity contribution in [1.29, 1.82) is 0 Å². The maximum Gasteiger partial charge on any atom is 0.0400 e. The fourth-order valence-corrected chi connectivity index (χ4v) is 2.38. The predicted molar refractivity (Wildman–Crippen MR) is 64.0 cm³/mol. The standard InChI is InChI=1S/C13H20N2/c1-11-10-14-8-7-13(11)15-9-6-12-4-2-3-5-12/h7-8,10,12H,2-6,9H2,1H3,(H,14,15). The number of aryl methyl sites for hydroxylation is 1. The molecule has 1 aromatic heterocycles. The van der Waals surface area contributed by atoms with Crippen molar-refractivity contribution < 1.29 is 0 Å². The van der Waals surface area contributed by atoms with Crippen LogP contribution < -0.4 is 5.32 Å². The first kappa shape index (κ1) is 10.5. The van der Waals surface area contributed by atoms with Gasteiger partial charge < -0.3 is 5.32 Å². The molecule has 0 spiro atoms. The van der Waals surface area contributed by atoms with Gasteiger partial charge in [0.2, 0.25) is 0 Å². The van der Waals surface area contributed by atoms with E-state index in [1.54, 1.807) is 0 Å². The minimum absolute atomic E-state index is 0.972. The third-order valence-corrected chi connectivity index (χ3v) is 3.36. The van der Waals surface area contributed by atoms with Gasteiger partial charge in [-0.3, -0.25) is 4.98 Å². The molecule has 0 aliphatic heterocycles. The molecule has 2 heteroatoms. The van der Waals surface area contributed by atoms with Crippen LogP contribution in [0.3, 0.4) is 0 Å². The molecule has 1 fully saturated rings. The van der Waals surface area contributed by atoms with Crippen LogP contribution >= 0.6 is 0 Å². The van der Waals surface area contributed by atoms with Crippen LogP contribution in [0.5, 0.6) is 0 Å². The Morgan fingerprint density at radius 2 is 2.20 bits per heavy atom. The van der Waals surface area contributed by atoms with Gasteiger partial charge in [-0.1, -0.05) is 25.7 Å². The highest BCUT2D eigenvalue weighted by Crippen LogP contribution is 2.27. The molecule has 1 saturated carbocycles. The molecule has 2 rings (SSSR count). The number of nitrogens with one attached hydrogen (secondary N) is 1. The molecule has 0 amide bonds. The fourth-order valence-electron chi connectivity index (χ4n) is 2.38. The molecule has 0 saturated heterocycles. The van der Waals surface area contributed by atoms with Crippen LogP contribution in [-0.2, 0) is 0 Å². The van der Waals surface area contributed by atoms with Crippen molar-refractivity contribution in [3.8, 4) is 0 Å². The monoisotopic (exact) mass is 204 g/mol. The van der Waals surface area contributed by atoms with E-state index in [1.165, 1.54) is 43.4 Å². The molecule has 2 nitrogen and oxygen atoms in total. The van der Waals surface area contributed by atoms with E-state index in [0.717, 1.165) is 12.5 Å². The number of anilines is 1. The third-order valence-electron chi connectivity index (χ3n) is 3.36. The van der Waals surface area contributed by atoms with E-state index in [4.69, 9.17) is 0 Å². The van der Waals surface area contributed by atoms with Crippen LogP contribution in [-0.4, -0.2) is 11.5 Å². The molecule has 1 aliphatic carbocycles. The van der Waals surface area contributed by atoms with Gasteiger partial charge in [-0.15, -0.1) is 0 Å². The Morgan fingerprint density at radius 1 is 1.40 bits per heavy atom. The highest BCUT2D eigenvalue weighted by atomic mass is 14.9. The molecule has 0 atom stereocenters. The first-order valence-electron chi connectivity index (χ1n) is 6.01. The van der Waals surface area contributed by atoms with E-state index in [1.807, 2.05) is 12.4 Å². The minimum atomic E-state index is 0.972. The molecule has 0 unspecified atom stereocenters. The Morgan fingerprint density at radius 3 is 2.93 bits per heavy atom. The Bertz CT molecular complexity index is 303. The van der Waals surface area contributed by atoms with Crippen LogP contribution in [0.2, 0.25) is 0 Å². The third kappa shape index (κ3) is 2.95. The second-order valence-electron chi connectivity index (χ2n) is 4.56. The van der Waals surface area contributed by atoms with Gasteiger partial charge >= 0.3 is 0 Å². The number of aromatic nitrogens is 1. The van der Waals surface area contributed by atoms with Crippen molar-refractivity contribution in [2.75, 3.05) is 11.9 Å². The van der Waals surface area contributed by atoms with Crippen LogP contribution in [0.15, 0.2) is 18.5 Å². The van der Waals surface area contributed by atoms with Crippen LogP contribution in [0, 0.1) is 12.8 Å². The van der Waals surface area contributed by atoms with Crippen LogP contribution in [0.4, 0.5) is 5.69 Å². The largest absolute Gasteiger partial charge is 0.385 e. The number of hydrogen-bond acceptors (Lipinski definition) is 2. The van der Waals surface area contributed by atoms with Gasteiger partial charge in [-0.05, 0) is 30.9 Å². The lowest BCUT2D eigenvalue weighted by Gasteiger charge is -2.12. The zero-order valence-corrected chi connectivity index (χ0v) is 9.50. The number of rotatable bonds is 4. The fraction of sp³-hybridized carbons (Fsp3) is 0.615. The van der Waals surface area contributed by atoms with Gasteiger partial charge in [0.25, 0.3) is 0 Å². The summed E-state index contributed by atoms with van der Waals surface area (Å²) in [5.74, 6) is 0.972. The zero-order valence-electron chi connectivity index (χ0n) is 9.50. The summed E-state index contributed by atoms with van der Waals surface area (Å²) in [6.45, 7) is 3.21. The molecule has 0 bridgehead atoms. The number of nitrogens with zero attached hydrogens (tertiary/aromatic N) is 1. The summed E-state index contributed by atoms with van der Waals surface area (Å²) in [6, 6.07) is 2.06. The lowest BCUT2D eigenvalue weighted by Crippen LogP contribution is -2.07. The van der Waals surface area contributed by atoms with E-state index in [-0.39, 0.29) is 0 Å². The smallest absolute Gasteiger partial charge is 0.0400 e. The lowest BCUT2D eigenvalue weighted by molar-refractivity contribution is 0.518. The predicted octanol–water partition coefficient (Wildman–Crippen LogP) is 3.38. The highest BCUT2D eigenvalue weighted by Gasteiger charge is 2.13. The van der Waals surface area contributed by atoms with Crippen molar-refractivity contribution in [3.63, 3.8) is 0 Å². The molecular weight excluding hydrogens is 184 g/mol. The van der Waals surface area contributed by atoms with Crippen molar-refractivity contribution in [2.24, 2.45) is 5.92 Å². The summed E-state index contributed by atoms with van der Waals surface area (Å²) < 4.78 is 0. The first-order valence-corrected chi connectivity index (χ1v) is 6.01. The highest BCUT2D eigenvalue weighted by molar-refractivity contribution is 5.48. The molecule has 0 aromatic carbocycles. The quantitative estimate of drug-likeness (QED) is 0.813. The molecule has 15 heavy (non-hydrogen) atoms. The van der Waals surface area contributed by atoms with E-state index in [9.17, 15) is 0 Å².